The maximum Gasteiger partial charge on any atom is 0.408 e. The highest BCUT2D eigenvalue weighted by Gasteiger charge is 2.27. The molecule has 0 spiro atoms. The van der Waals surface area contributed by atoms with E-state index in [1.807, 2.05) is 45.0 Å². The fraction of sp³-hybridized carbons (Fsp3) is 0.556. The quantitative estimate of drug-likeness (QED) is 0.695. The van der Waals surface area contributed by atoms with Crippen LogP contribution in [0.15, 0.2) is 24.3 Å². The molecule has 0 aliphatic carbocycles. The Labute approximate surface area is 158 Å². The standard InChI is InChI=1S/C18H27IN2O3/c1-17(2,3)21-15(22)14(20-16(23)24-18(4,5)6)11-12-7-9-13(19)10-8-12/h7-10,14H,11H2,1-6H3,(H,20,23)(H,21,22)/t14-/m0/s1. The summed E-state index contributed by atoms with van der Waals surface area (Å²) >= 11 is 2.23. The molecule has 0 bridgehead atoms. The molecule has 1 aromatic rings. The van der Waals surface area contributed by atoms with Crippen LogP contribution in [0, 0.1) is 3.57 Å². The second-order valence-corrected chi connectivity index (χ2v) is 9.01. The van der Waals surface area contributed by atoms with Gasteiger partial charge in [-0.1, -0.05) is 12.1 Å². The number of amides is 2. The predicted octanol–water partition coefficient (Wildman–Crippen LogP) is 3.64. The average molecular weight is 446 g/mol. The molecule has 0 saturated carbocycles. The second kappa shape index (κ2) is 8.18. The second-order valence-electron chi connectivity index (χ2n) is 7.77. The average Bonchev–Trinajstić information content (AvgIpc) is 2.36. The van der Waals surface area contributed by atoms with Crippen molar-refractivity contribution in [1.29, 1.82) is 0 Å². The number of hydrogen-bond acceptors (Lipinski definition) is 3. The van der Waals surface area contributed by atoms with E-state index in [-0.39, 0.29) is 11.4 Å². The van der Waals surface area contributed by atoms with Gasteiger partial charge in [0.25, 0.3) is 0 Å². The molecular formula is C18H27IN2O3. The number of hydrogen-bond donors (Lipinski definition) is 2. The molecule has 0 aromatic heterocycles. The van der Waals surface area contributed by atoms with Gasteiger partial charge >= 0.3 is 6.09 Å². The third-order valence-electron chi connectivity index (χ3n) is 2.86. The molecule has 1 rings (SSSR count). The van der Waals surface area contributed by atoms with E-state index < -0.39 is 17.7 Å². The van der Waals surface area contributed by atoms with Gasteiger partial charge in [-0.15, -0.1) is 0 Å². The van der Waals surface area contributed by atoms with Crippen molar-refractivity contribution >= 4 is 34.6 Å². The van der Waals surface area contributed by atoms with Crippen molar-refractivity contribution in [1.82, 2.24) is 10.6 Å². The first kappa shape index (κ1) is 20.7. The Kier molecular flexibility index (Phi) is 7.07. The molecule has 0 radical (unpaired) electrons. The minimum absolute atomic E-state index is 0.230. The largest absolute Gasteiger partial charge is 0.444 e. The minimum Gasteiger partial charge on any atom is -0.444 e. The van der Waals surface area contributed by atoms with E-state index in [0.29, 0.717) is 6.42 Å². The van der Waals surface area contributed by atoms with Gasteiger partial charge in [0.05, 0.1) is 0 Å². The van der Waals surface area contributed by atoms with Crippen LogP contribution in [0.3, 0.4) is 0 Å². The van der Waals surface area contributed by atoms with E-state index >= 15 is 0 Å². The Morgan fingerprint density at radius 3 is 2.08 bits per heavy atom. The summed E-state index contributed by atoms with van der Waals surface area (Å²) in [5, 5.41) is 5.59. The van der Waals surface area contributed by atoms with Gasteiger partial charge in [0, 0.05) is 15.5 Å². The number of ether oxygens (including phenoxy) is 1. The Balaban J connectivity index is 2.88. The number of halogens is 1. The lowest BCUT2D eigenvalue weighted by molar-refractivity contribution is -0.124. The Bertz CT molecular complexity index is 571. The molecule has 0 saturated heterocycles. The summed E-state index contributed by atoms with van der Waals surface area (Å²) in [6.45, 7) is 11.1. The van der Waals surface area contributed by atoms with Crippen LogP contribution in [-0.4, -0.2) is 29.2 Å². The first-order valence-electron chi connectivity index (χ1n) is 7.92. The van der Waals surface area contributed by atoms with Gasteiger partial charge in [0.15, 0.2) is 0 Å². The van der Waals surface area contributed by atoms with Crippen LogP contribution in [0.2, 0.25) is 0 Å². The van der Waals surface area contributed by atoms with Crippen molar-refractivity contribution < 1.29 is 14.3 Å². The van der Waals surface area contributed by atoms with Gasteiger partial charge in [0.2, 0.25) is 5.91 Å². The van der Waals surface area contributed by atoms with Crippen LogP contribution < -0.4 is 10.6 Å². The zero-order chi connectivity index (χ0) is 18.5. The van der Waals surface area contributed by atoms with Crippen molar-refractivity contribution in [3.8, 4) is 0 Å². The Morgan fingerprint density at radius 2 is 1.62 bits per heavy atom. The number of carbonyl (C=O) groups is 2. The van der Waals surface area contributed by atoms with Gasteiger partial charge < -0.3 is 15.4 Å². The van der Waals surface area contributed by atoms with Gasteiger partial charge in [-0.05, 0) is 81.8 Å². The van der Waals surface area contributed by atoms with Crippen LogP contribution in [0.25, 0.3) is 0 Å². The van der Waals surface area contributed by atoms with Gasteiger partial charge in [-0.3, -0.25) is 4.79 Å². The third kappa shape index (κ3) is 8.52. The molecule has 134 valence electrons. The molecule has 6 heteroatoms. The van der Waals surface area contributed by atoms with Crippen LogP contribution in [-0.2, 0) is 16.0 Å². The van der Waals surface area contributed by atoms with Crippen molar-refractivity contribution in [3.05, 3.63) is 33.4 Å². The molecule has 0 aliphatic rings. The third-order valence-corrected chi connectivity index (χ3v) is 3.58. The lowest BCUT2D eigenvalue weighted by Crippen LogP contribution is -2.53. The minimum atomic E-state index is -0.695. The van der Waals surface area contributed by atoms with Gasteiger partial charge in [0.1, 0.15) is 11.6 Å². The van der Waals surface area contributed by atoms with Crippen LogP contribution in [0.5, 0.6) is 0 Å². The van der Waals surface area contributed by atoms with E-state index in [9.17, 15) is 9.59 Å². The molecule has 1 atom stereocenters. The summed E-state index contributed by atoms with van der Waals surface area (Å²) < 4.78 is 6.39. The number of nitrogens with one attached hydrogen (secondary N) is 2. The topological polar surface area (TPSA) is 67.4 Å². The summed E-state index contributed by atoms with van der Waals surface area (Å²) in [7, 11) is 0. The highest BCUT2D eigenvalue weighted by Crippen LogP contribution is 2.11. The maximum atomic E-state index is 12.5. The summed E-state index contributed by atoms with van der Waals surface area (Å²) in [4.78, 5) is 24.6. The van der Waals surface area contributed by atoms with Crippen molar-refractivity contribution in [3.63, 3.8) is 0 Å². The van der Waals surface area contributed by atoms with E-state index in [1.54, 1.807) is 20.8 Å². The lowest BCUT2D eigenvalue weighted by atomic mass is 10.0. The zero-order valence-corrected chi connectivity index (χ0v) is 17.4. The SMILES string of the molecule is CC(C)(C)NC(=O)[C@H](Cc1ccc(I)cc1)NC(=O)OC(C)(C)C. The molecular weight excluding hydrogens is 419 g/mol. The van der Waals surface area contributed by atoms with E-state index in [0.717, 1.165) is 9.13 Å². The Hall–Kier alpha value is -1.31. The first-order chi connectivity index (χ1) is 10.9. The summed E-state index contributed by atoms with van der Waals surface area (Å²) in [5.74, 6) is -0.230. The molecule has 0 fully saturated rings. The predicted molar refractivity (Wildman–Crippen MR) is 104 cm³/mol. The van der Waals surface area contributed by atoms with Gasteiger partial charge in [-0.25, -0.2) is 4.79 Å². The van der Waals surface area contributed by atoms with Crippen molar-refractivity contribution in [2.45, 2.75) is 65.1 Å². The summed E-state index contributed by atoms with van der Waals surface area (Å²) in [6.07, 6.45) is -0.194. The Morgan fingerprint density at radius 1 is 1.08 bits per heavy atom. The first-order valence-corrected chi connectivity index (χ1v) is 8.99. The number of alkyl carbamates (subject to hydrolysis) is 1. The molecule has 24 heavy (non-hydrogen) atoms. The smallest absolute Gasteiger partial charge is 0.408 e. The van der Waals surface area contributed by atoms with E-state index in [2.05, 4.69) is 33.2 Å². The molecule has 0 unspecified atom stereocenters. The molecule has 2 amide bonds. The molecule has 0 aliphatic heterocycles. The highest BCUT2D eigenvalue weighted by molar-refractivity contribution is 14.1. The van der Waals surface area contributed by atoms with Crippen molar-refractivity contribution in [2.75, 3.05) is 0 Å². The van der Waals surface area contributed by atoms with E-state index in [1.165, 1.54) is 0 Å². The molecule has 1 aromatic carbocycles. The van der Waals surface area contributed by atoms with Crippen LogP contribution in [0.1, 0.15) is 47.1 Å². The maximum absolute atomic E-state index is 12.5. The number of rotatable bonds is 4. The highest BCUT2D eigenvalue weighted by atomic mass is 127. The summed E-state index contributed by atoms with van der Waals surface area (Å²) in [6, 6.07) is 7.16. The monoisotopic (exact) mass is 446 g/mol. The fourth-order valence-corrected chi connectivity index (χ4v) is 2.33. The molecule has 0 heterocycles. The van der Waals surface area contributed by atoms with Crippen LogP contribution in [0.4, 0.5) is 4.79 Å². The number of carbonyl (C=O) groups excluding carboxylic acids is 2. The normalized spacial score (nSPS) is 13.1. The van der Waals surface area contributed by atoms with Gasteiger partial charge in [-0.2, -0.15) is 0 Å². The number of benzene rings is 1. The fourth-order valence-electron chi connectivity index (χ4n) is 1.97. The lowest BCUT2D eigenvalue weighted by Gasteiger charge is -2.27. The van der Waals surface area contributed by atoms with E-state index in [4.69, 9.17) is 4.74 Å². The summed E-state index contributed by atoms with van der Waals surface area (Å²) in [5.41, 5.74) is -0.0183. The molecule has 5 nitrogen and oxygen atoms in total. The zero-order valence-electron chi connectivity index (χ0n) is 15.2. The van der Waals surface area contributed by atoms with Crippen molar-refractivity contribution in [2.24, 2.45) is 0 Å². The molecule has 2 N–H and O–H groups in total. The van der Waals surface area contributed by atoms with Crippen LogP contribution >= 0.6 is 22.6 Å².